The summed E-state index contributed by atoms with van der Waals surface area (Å²) in [6, 6.07) is 0. The Morgan fingerprint density at radius 1 is 0.552 bits per heavy atom. The van der Waals surface area contributed by atoms with Gasteiger partial charge in [-0.15, -0.1) is 0 Å². The van der Waals surface area contributed by atoms with Gasteiger partial charge in [0.05, 0.1) is 13.2 Å². The van der Waals surface area contributed by atoms with Crippen LogP contribution in [0.3, 0.4) is 0 Å². The molecule has 0 aliphatic heterocycles. The summed E-state index contributed by atoms with van der Waals surface area (Å²) in [5.41, 5.74) is -2.36. The molecular formula is C33H30F15NO18. The predicted octanol–water partition coefficient (Wildman–Crippen LogP) is 7.51. The van der Waals surface area contributed by atoms with E-state index in [0.717, 1.165) is 6.08 Å². The lowest BCUT2D eigenvalue weighted by Gasteiger charge is -2.33. The molecule has 0 saturated heterocycles. The number of alkyl carbamates (subject to hydrolysis) is 1. The van der Waals surface area contributed by atoms with Gasteiger partial charge in [-0.2, -0.15) is 31.2 Å². The van der Waals surface area contributed by atoms with E-state index in [9.17, 15) is 80.6 Å². The summed E-state index contributed by atoms with van der Waals surface area (Å²) in [6.45, 7) is -0.711. The molecule has 0 aromatic rings. The molecule has 0 spiro atoms. The first-order valence-corrected chi connectivity index (χ1v) is 16.7. The van der Waals surface area contributed by atoms with Crippen LogP contribution in [-0.4, -0.2) is 100 Å². The van der Waals surface area contributed by atoms with Crippen molar-refractivity contribution in [3.63, 3.8) is 0 Å². The maximum Gasteiger partial charge on any atom is 0.460 e. The van der Waals surface area contributed by atoms with Crippen molar-refractivity contribution >= 4 is 24.0 Å². The van der Waals surface area contributed by atoms with E-state index in [-0.39, 0.29) is 13.2 Å². The van der Waals surface area contributed by atoms with Crippen LogP contribution in [0.2, 0.25) is 0 Å². The first-order chi connectivity index (χ1) is 31.3. The predicted molar refractivity (Wildman–Crippen MR) is 178 cm³/mol. The molecule has 0 aliphatic carbocycles. The molecule has 0 saturated carbocycles. The van der Waals surface area contributed by atoms with E-state index in [1.54, 1.807) is 0 Å². The number of hydrogen-bond acceptors (Lipinski definition) is 18. The van der Waals surface area contributed by atoms with Crippen LogP contribution >= 0.6 is 0 Å². The molecular weight excluding hydrogens is 983 g/mol. The quantitative estimate of drug-likeness (QED) is 0.00986. The molecule has 1 N–H and O–H groups in total. The summed E-state index contributed by atoms with van der Waals surface area (Å²) in [5, 5.41) is 17.9. The molecule has 0 fully saturated rings. The van der Waals surface area contributed by atoms with Gasteiger partial charge in [0.15, 0.2) is 29.6 Å². The summed E-state index contributed by atoms with van der Waals surface area (Å²) in [6.07, 6.45) is -7.11. The van der Waals surface area contributed by atoms with Gasteiger partial charge in [0, 0.05) is 34.7 Å². The Labute approximate surface area is 363 Å². The van der Waals surface area contributed by atoms with E-state index in [4.69, 9.17) is 4.74 Å². The minimum Gasteiger partial charge on any atom is -0.495 e. The highest BCUT2D eigenvalue weighted by Gasteiger charge is 2.75. The van der Waals surface area contributed by atoms with Crippen LogP contribution in [0, 0.1) is 0 Å². The molecule has 0 aromatic carbocycles. The van der Waals surface area contributed by atoms with Crippen molar-refractivity contribution in [3.8, 4) is 0 Å². The van der Waals surface area contributed by atoms with Crippen molar-refractivity contribution in [1.82, 2.24) is 5.32 Å². The summed E-state index contributed by atoms with van der Waals surface area (Å²) in [7, 11) is 0. The summed E-state index contributed by atoms with van der Waals surface area (Å²) in [5.74, 6) is -46.8. The number of esters is 1. The van der Waals surface area contributed by atoms with Gasteiger partial charge in [-0.25, -0.2) is 68.5 Å². The number of ether oxygens (including phenoxy) is 4. The molecule has 67 heavy (non-hydrogen) atoms. The monoisotopic (exact) mass is 1010 g/mol. The average Bonchev–Trinajstić information content (AvgIpc) is 3.29. The van der Waals surface area contributed by atoms with Crippen LogP contribution in [0.5, 0.6) is 0 Å². The van der Waals surface area contributed by atoms with Crippen LogP contribution in [0.4, 0.5) is 70.7 Å². The maximum atomic E-state index is 15.2. The van der Waals surface area contributed by atoms with Gasteiger partial charge >= 0.3 is 42.0 Å². The van der Waals surface area contributed by atoms with Gasteiger partial charge in [0.1, 0.15) is 51.5 Å². The van der Waals surface area contributed by atoms with Crippen LogP contribution in [-0.2, 0) is 82.8 Å². The highest BCUT2D eigenvalue weighted by atomic mass is 19.4. The molecule has 0 heterocycles. The fraction of sp³-hybridized carbons (Fsp3) is 0.394. The zero-order chi connectivity index (χ0) is 51.4. The molecule has 0 bridgehead atoms. The molecule has 19 nitrogen and oxygen atoms in total. The number of carbonyl (C=O) groups excluding carboxylic acids is 4. The Hall–Kier alpha value is -6.17. The van der Waals surface area contributed by atoms with Crippen LogP contribution in [0.1, 0.15) is 6.42 Å². The summed E-state index contributed by atoms with van der Waals surface area (Å²) in [4.78, 5) is 72.4. The van der Waals surface area contributed by atoms with E-state index < -0.39 is 140 Å². The molecule has 0 rings (SSSR count). The lowest BCUT2D eigenvalue weighted by Crippen LogP contribution is -2.58. The van der Waals surface area contributed by atoms with Gasteiger partial charge < -0.3 is 29.2 Å². The van der Waals surface area contributed by atoms with Gasteiger partial charge in [-0.1, -0.05) is 19.7 Å². The third-order valence-corrected chi connectivity index (χ3v) is 6.34. The van der Waals surface area contributed by atoms with Gasteiger partial charge in [-0.3, -0.25) is 9.78 Å². The third kappa shape index (κ3) is 20.5. The lowest BCUT2D eigenvalue weighted by molar-refractivity contribution is -0.626. The molecule has 1 amide bonds. The summed E-state index contributed by atoms with van der Waals surface area (Å²) < 4.78 is 224. The van der Waals surface area contributed by atoms with Gasteiger partial charge in [0.2, 0.25) is 23.3 Å². The minimum atomic E-state index is -7.29. The Bertz CT molecular complexity index is 1830. The average molecular weight is 1010 g/mol. The Morgan fingerprint density at radius 3 is 1.55 bits per heavy atom. The highest BCUT2D eigenvalue weighted by Crippen LogP contribution is 2.51. The minimum absolute atomic E-state index is 0.328. The Balaban J connectivity index is 6.44. The topological polar surface area (TPSA) is 210 Å². The van der Waals surface area contributed by atoms with E-state index in [2.05, 4.69) is 83.4 Å². The summed E-state index contributed by atoms with van der Waals surface area (Å²) >= 11 is 0. The van der Waals surface area contributed by atoms with Crippen molar-refractivity contribution in [2.75, 3.05) is 52.9 Å². The van der Waals surface area contributed by atoms with E-state index in [1.165, 1.54) is 0 Å². The van der Waals surface area contributed by atoms with Crippen LogP contribution in [0.15, 0.2) is 97.1 Å². The SMILES string of the molecule is C=CC(=O)OCCOO/C=C\OCC(COOOOC(=O)C=C)(COOOOC(=O)C=C)NC(=O)OCCCOC(F)(/C(F)=C(F)/C(F)=C(F)/C(F)=C(F)/C(F)=C(\F)CF)C(F)(F)C(F)(F)F. The Morgan fingerprint density at radius 2 is 1.06 bits per heavy atom. The smallest absolute Gasteiger partial charge is 0.460 e. The molecule has 0 aromatic heterocycles. The number of nitrogens with one attached hydrogen (secondary N) is 1. The second kappa shape index (κ2) is 30.2. The fourth-order valence-electron chi connectivity index (χ4n) is 3.27. The zero-order valence-corrected chi connectivity index (χ0v) is 32.9. The van der Waals surface area contributed by atoms with Gasteiger partial charge in [0.25, 0.3) is 0 Å². The maximum absolute atomic E-state index is 15.2. The van der Waals surface area contributed by atoms with E-state index >= 15 is 4.39 Å². The fourth-order valence-corrected chi connectivity index (χ4v) is 3.27. The number of allylic oxidation sites excluding steroid dienone is 7. The molecule has 1 unspecified atom stereocenters. The molecule has 380 valence electrons. The number of amides is 1. The number of halogens is 15. The van der Waals surface area contributed by atoms with Crippen molar-refractivity contribution in [2.24, 2.45) is 0 Å². The zero-order valence-electron chi connectivity index (χ0n) is 32.9. The number of hydrogen-bond donors (Lipinski definition) is 1. The van der Waals surface area contributed by atoms with Crippen LogP contribution < -0.4 is 5.32 Å². The van der Waals surface area contributed by atoms with Crippen molar-refractivity contribution in [1.29, 1.82) is 0 Å². The van der Waals surface area contributed by atoms with E-state index in [0.29, 0.717) is 24.7 Å². The number of carbonyl (C=O) groups is 4. The van der Waals surface area contributed by atoms with Gasteiger partial charge in [-0.05, 0) is 10.1 Å². The Kier molecular flexibility index (Phi) is 27.4. The first kappa shape index (κ1) is 60.8. The second-order valence-electron chi connectivity index (χ2n) is 11.0. The highest BCUT2D eigenvalue weighted by molar-refractivity contribution is 5.81. The van der Waals surface area contributed by atoms with Crippen molar-refractivity contribution < 1.29 is 153 Å². The van der Waals surface area contributed by atoms with Crippen molar-refractivity contribution in [3.05, 3.63) is 97.1 Å². The van der Waals surface area contributed by atoms with E-state index in [1.807, 2.05) is 5.32 Å². The van der Waals surface area contributed by atoms with Crippen molar-refractivity contribution in [2.45, 2.75) is 29.9 Å². The normalized spacial score (nSPS) is 14.6. The molecule has 0 aliphatic rings. The number of alkyl halides is 7. The molecule has 1 atom stereocenters. The molecule has 0 radical (unpaired) electrons. The first-order valence-electron chi connectivity index (χ1n) is 16.7. The molecule has 34 heteroatoms. The third-order valence-electron chi connectivity index (χ3n) is 6.34. The van der Waals surface area contributed by atoms with Crippen LogP contribution in [0.25, 0.3) is 0 Å². The largest absolute Gasteiger partial charge is 0.495 e. The second-order valence-corrected chi connectivity index (χ2v) is 11.0. The lowest BCUT2D eigenvalue weighted by atomic mass is 10.0. The standard InChI is InChI=1S/C33H30F15NO18/c1-4-19(50)55-11-13-59-58-12-10-54-15-30(16-60-64-66-62-20(51)5-2,17-61-65-67-63-21(52)6-3)49-29(53)56-8-7-9-57-31(43,32(44,45)33(46,47)48)28(42)27(41)26(40)25(39)24(38)23(37)22(36)18(35)14-34/h4-6,10,12H,1-3,7-9,11,13-17H2,(H,49,53)/b12-10-,22-18+,24-23+,26-25+,28-27+. The number of rotatable bonds is 33.